The largest absolute Gasteiger partial charge is 0.385 e. The monoisotopic (exact) mass is 330 g/mol. The van der Waals surface area contributed by atoms with Crippen molar-refractivity contribution in [3.8, 4) is 0 Å². The average molecular weight is 331 g/mol. The van der Waals surface area contributed by atoms with E-state index in [-0.39, 0.29) is 11.2 Å². The van der Waals surface area contributed by atoms with Crippen molar-refractivity contribution in [2.75, 3.05) is 12.1 Å². The molecule has 1 N–H and O–H groups in total. The van der Waals surface area contributed by atoms with Crippen molar-refractivity contribution < 1.29 is 13.5 Å². The molecule has 0 radical (unpaired) electrons. The van der Waals surface area contributed by atoms with Gasteiger partial charge in [0.25, 0.3) is 0 Å². The molecule has 1 aromatic carbocycles. The zero-order chi connectivity index (χ0) is 15.5. The Labute approximate surface area is 132 Å². The topological polar surface area (TPSA) is 54.4 Å². The Morgan fingerprint density at radius 2 is 1.95 bits per heavy atom. The van der Waals surface area contributed by atoms with Crippen LogP contribution in [0.4, 0.5) is 0 Å². The molecule has 2 rings (SSSR count). The van der Waals surface area contributed by atoms with Crippen LogP contribution in [0.15, 0.2) is 30.3 Å². The molecule has 0 saturated heterocycles. The van der Waals surface area contributed by atoms with Gasteiger partial charge in [0.1, 0.15) is 9.84 Å². The zero-order valence-electron chi connectivity index (χ0n) is 12.3. The molecule has 0 aliphatic heterocycles. The Balaban J connectivity index is 2.30. The van der Waals surface area contributed by atoms with Gasteiger partial charge >= 0.3 is 0 Å². The minimum atomic E-state index is -3.06. The Morgan fingerprint density at radius 3 is 2.52 bits per heavy atom. The summed E-state index contributed by atoms with van der Waals surface area (Å²) in [5.41, 5.74) is -0.198. The molecular formula is C16H23ClO3S. The molecule has 5 heteroatoms. The summed E-state index contributed by atoms with van der Waals surface area (Å²) >= 11 is 5.90. The number of alkyl halides is 1. The van der Waals surface area contributed by atoms with E-state index in [0.29, 0.717) is 25.1 Å². The van der Waals surface area contributed by atoms with E-state index in [1.165, 1.54) is 6.26 Å². The highest BCUT2D eigenvalue weighted by atomic mass is 35.5. The lowest BCUT2D eigenvalue weighted by atomic mass is 9.72. The maximum Gasteiger partial charge on any atom is 0.150 e. The third-order valence-electron chi connectivity index (χ3n) is 4.66. The number of aliphatic hydroxyl groups is 1. The van der Waals surface area contributed by atoms with Crippen LogP contribution in [0.5, 0.6) is 0 Å². The van der Waals surface area contributed by atoms with E-state index in [1.807, 2.05) is 30.3 Å². The van der Waals surface area contributed by atoms with Gasteiger partial charge in [-0.1, -0.05) is 36.8 Å². The fourth-order valence-electron chi connectivity index (χ4n) is 3.42. The Hall–Kier alpha value is -0.580. The van der Waals surface area contributed by atoms with Crippen LogP contribution in [-0.4, -0.2) is 30.9 Å². The number of halogens is 1. The van der Waals surface area contributed by atoms with E-state index in [9.17, 15) is 13.5 Å². The second-order valence-corrected chi connectivity index (χ2v) is 8.75. The minimum absolute atomic E-state index is 0.0628. The average Bonchev–Trinajstić information content (AvgIpc) is 2.47. The fraction of sp³-hybridized carbons (Fsp3) is 0.625. The minimum Gasteiger partial charge on any atom is -0.385 e. The normalized spacial score (nSPS) is 26.2. The summed E-state index contributed by atoms with van der Waals surface area (Å²) in [5.74, 6) is 0.290. The number of sulfone groups is 1. The van der Waals surface area contributed by atoms with Crippen LogP contribution in [0.3, 0.4) is 0 Å². The molecule has 0 spiro atoms. The maximum atomic E-state index is 11.8. The first-order valence-corrected chi connectivity index (χ1v) is 9.89. The van der Waals surface area contributed by atoms with Crippen molar-refractivity contribution in [1.29, 1.82) is 0 Å². The predicted octanol–water partition coefficient (Wildman–Crippen LogP) is 3.11. The van der Waals surface area contributed by atoms with Gasteiger partial charge in [-0.05, 0) is 37.2 Å². The first-order chi connectivity index (χ1) is 9.88. The van der Waals surface area contributed by atoms with Crippen LogP contribution in [0.1, 0.15) is 37.7 Å². The molecule has 0 amide bonds. The first kappa shape index (κ1) is 16.8. The van der Waals surface area contributed by atoms with Crippen molar-refractivity contribution in [2.45, 2.75) is 43.0 Å². The summed E-state index contributed by atoms with van der Waals surface area (Å²) in [4.78, 5) is 0. The van der Waals surface area contributed by atoms with Crippen LogP contribution < -0.4 is 0 Å². The van der Waals surface area contributed by atoms with E-state index in [2.05, 4.69) is 0 Å². The maximum absolute atomic E-state index is 11.8. The summed E-state index contributed by atoms with van der Waals surface area (Å²) < 4.78 is 23.7. The SMILES string of the molecule is CS(=O)(=O)C1CCCC(C(O)(CCCl)c2ccccc2)C1. The van der Waals surface area contributed by atoms with E-state index in [1.54, 1.807) is 0 Å². The van der Waals surface area contributed by atoms with Crippen LogP contribution in [0.25, 0.3) is 0 Å². The van der Waals surface area contributed by atoms with Crippen LogP contribution in [0, 0.1) is 5.92 Å². The first-order valence-electron chi connectivity index (χ1n) is 7.40. The molecule has 118 valence electrons. The van der Waals surface area contributed by atoms with Gasteiger partial charge in [0.05, 0.1) is 10.9 Å². The number of benzene rings is 1. The van der Waals surface area contributed by atoms with Crippen LogP contribution in [-0.2, 0) is 15.4 Å². The molecule has 1 aromatic rings. The second-order valence-electron chi connectivity index (χ2n) is 6.04. The zero-order valence-corrected chi connectivity index (χ0v) is 13.9. The van der Waals surface area contributed by atoms with E-state index < -0.39 is 15.4 Å². The fourth-order valence-corrected chi connectivity index (χ4v) is 4.89. The highest BCUT2D eigenvalue weighted by molar-refractivity contribution is 7.91. The highest BCUT2D eigenvalue weighted by Gasteiger charge is 2.42. The van der Waals surface area contributed by atoms with Crippen LogP contribution >= 0.6 is 11.6 Å². The van der Waals surface area contributed by atoms with E-state index in [4.69, 9.17) is 11.6 Å². The molecule has 0 aromatic heterocycles. The van der Waals surface area contributed by atoms with Gasteiger partial charge in [-0.25, -0.2) is 8.42 Å². The predicted molar refractivity (Wildman–Crippen MR) is 86.3 cm³/mol. The molecule has 1 aliphatic carbocycles. The van der Waals surface area contributed by atoms with E-state index in [0.717, 1.165) is 18.4 Å². The van der Waals surface area contributed by atoms with Gasteiger partial charge in [-0.15, -0.1) is 11.6 Å². The van der Waals surface area contributed by atoms with Gasteiger partial charge < -0.3 is 5.11 Å². The lowest BCUT2D eigenvalue weighted by Gasteiger charge is -2.40. The summed E-state index contributed by atoms with van der Waals surface area (Å²) in [7, 11) is -3.06. The molecule has 1 saturated carbocycles. The summed E-state index contributed by atoms with van der Waals surface area (Å²) in [6, 6.07) is 9.49. The Kier molecular flexibility index (Phi) is 5.33. The van der Waals surface area contributed by atoms with Gasteiger partial charge in [0.2, 0.25) is 0 Å². The lowest BCUT2D eigenvalue weighted by Crippen LogP contribution is -2.41. The van der Waals surface area contributed by atoms with Crippen LogP contribution in [0.2, 0.25) is 0 Å². The molecule has 0 heterocycles. The number of hydrogen-bond donors (Lipinski definition) is 1. The molecule has 0 bridgehead atoms. The quantitative estimate of drug-likeness (QED) is 0.844. The highest BCUT2D eigenvalue weighted by Crippen LogP contribution is 2.43. The Bertz CT molecular complexity index is 558. The van der Waals surface area contributed by atoms with Crippen molar-refractivity contribution in [3.63, 3.8) is 0 Å². The van der Waals surface area contributed by atoms with Crippen molar-refractivity contribution in [1.82, 2.24) is 0 Å². The molecule has 3 unspecified atom stereocenters. The molecule has 21 heavy (non-hydrogen) atoms. The van der Waals surface area contributed by atoms with Crippen molar-refractivity contribution in [2.24, 2.45) is 5.92 Å². The Morgan fingerprint density at radius 1 is 1.29 bits per heavy atom. The molecule has 1 fully saturated rings. The standard InChI is InChI=1S/C16H23ClO3S/c1-21(19,20)15-9-5-8-14(12-15)16(18,10-11-17)13-6-3-2-4-7-13/h2-4,6-7,14-15,18H,5,8-12H2,1H3. The van der Waals surface area contributed by atoms with Crippen molar-refractivity contribution >= 4 is 21.4 Å². The number of rotatable bonds is 5. The van der Waals surface area contributed by atoms with Gasteiger partial charge in [0, 0.05) is 12.1 Å². The molecule has 3 nitrogen and oxygen atoms in total. The van der Waals surface area contributed by atoms with Gasteiger partial charge in [-0.2, -0.15) is 0 Å². The summed E-state index contributed by atoms with van der Waals surface area (Å²) in [6.07, 6.45) is 4.62. The van der Waals surface area contributed by atoms with E-state index >= 15 is 0 Å². The lowest BCUT2D eigenvalue weighted by molar-refractivity contribution is -0.0408. The molecular weight excluding hydrogens is 308 g/mol. The van der Waals surface area contributed by atoms with Gasteiger partial charge in [0.15, 0.2) is 0 Å². The van der Waals surface area contributed by atoms with Gasteiger partial charge in [-0.3, -0.25) is 0 Å². The van der Waals surface area contributed by atoms with Crippen molar-refractivity contribution in [3.05, 3.63) is 35.9 Å². The second kappa shape index (κ2) is 6.67. The third-order valence-corrected chi connectivity index (χ3v) is 6.48. The summed E-state index contributed by atoms with van der Waals surface area (Å²) in [5, 5.41) is 10.9. The number of hydrogen-bond acceptors (Lipinski definition) is 3. The third kappa shape index (κ3) is 3.79. The smallest absolute Gasteiger partial charge is 0.150 e. The molecule has 3 atom stereocenters. The molecule has 1 aliphatic rings. The summed E-state index contributed by atoms with van der Waals surface area (Å²) in [6.45, 7) is 0.